The summed E-state index contributed by atoms with van der Waals surface area (Å²) in [6.07, 6.45) is 8.36. The van der Waals surface area contributed by atoms with Crippen LogP contribution in [0.1, 0.15) is 62.5 Å². The smallest absolute Gasteiger partial charge is 0.0233 e. The Morgan fingerprint density at radius 1 is 1.10 bits per heavy atom. The van der Waals surface area contributed by atoms with E-state index in [0.717, 1.165) is 25.2 Å². The van der Waals surface area contributed by atoms with Gasteiger partial charge >= 0.3 is 0 Å². The van der Waals surface area contributed by atoms with Gasteiger partial charge in [-0.1, -0.05) is 44.0 Å². The molecule has 0 aliphatic heterocycles. The molecule has 0 bridgehead atoms. The fourth-order valence-corrected chi connectivity index (χ4v) is 3.46. The zero-order chi connectivity index (χ0) is 14.7. The second-order valence-electron chi connectivity index (χ2n) is 7.18. The second-order valence-corrected chi connectivity index (χ2v) is 7.18. The van der Waals surface area contributed by atoms with E-state index in [-0.39, 0.29) is 0 Å². The van der Waals surface area contributed by atoms with E-state index < -0.39 is 0 Å². The first-order chi connectivity index (χ1) is 10.2. The molecular formula is C19H30N2. The lowest BCUT2D eigenvalue weighted by atomic mass is 9.99. The molecule has 1 aromatic carbocycles. The van der Waals surface area contributed by atoms with E-state index in [1.54, 1.807) is 0 Å². The summed E-state index contributed by atoms with van der Waals surface area (Å²) in [5.41, 5.74) is 2.92. The lowest BCUT2D eigenvalue weighted by Crippen LogP contribution is -2.28. The maximum atomic E-state index is 3.63. The number of nitrogens with one attached hydrogen (secondary N) is 1. The van der Waals surface area contributed by atoms with Crippen molar-refractivity contribution in [1.82, 2.24) is 10.2 Å². The molecule has 1 aromatic rings. The molecule has 21 heavy (non-hydrogen) atoms. The van der Waals surface area contributed by atoms with Gasteiger partial charge in [-0.25, -0.2) is 0 Å². The quantitative estimate of drug-likeness (QED) is 0.817. The molecule has 1 atom stereocenters. The fraction of sp³-hybridized carbons (Fsp3) is 0.684. The summed E-state index contributed by atoms with van der Waals surface area (Å²) in [7, 11) is 2.28. The molecule has 0 saturated heterocycles. The first-order valence-electron chi connectivity index (χ1n) is 8.75. The molecule has 116 valence electrons. The zero-order valence-electron chi connectivity index (χ0n) is 13.6. The van der Waals surface area contributed by atoms with Crippen molar-refractivity contribution in [3.05, 3.63) is 35.4 Å². The van der Waals surface area contributed by atoms with E-state index in [4.69, 9.17) is 0 Å². The second kappa shape index (κ2) is 6.93. The van der Waals surface area contributed by atoms with Crippen molar-refractivity contribution < 1.29 is 0 Å². The summed E-state index contributed by atoms with van der Waals surface area (Å²) in [5, 5.41) is 3.63. The lowest BCUT2D eigenvalue weighted by Gasteiger charge is -2.24. The largest absolute Gasteiger partial charge is 0.313 e. The van der Waals surface area contributed by atoms with Gasteiger partial charge in [-0.2, -0.15) is 0 Å². The average molecular weight is 286 g/mol. The van der Waals surface area contributed by atoms with Gasteiger partial charge in [0.15, 0.2) is 0 Å². The normalized spacial score (nSPS) is 21.1. The molecule has 0 amide bonds. The van der Waals surface area contributed by atoms with Crippen molar-refractivity contribution in [2.24, 2.45) is 0 Å². The maximum Gasteiger partial charge on any atom is 0.0233 e. The molecule has 2 aliphatic carbocycles. The monoisotopic (exact) mass is 286 g/mol. The van der Waals surface area contributed by atoms with Crippen molar-refractivity contribution in [1.29, 1.82) is 0 Å². The van der Waals surface area contributed by atoms with Crippen LogP contribution in [0.4, 0.5) is 0 Å². The molecule has 2 fully saturated rings. The minimum atomic E-state index is 0.618. The molecular weight excluding hydrogens is 256 g/mol. The van der Waals surface area contributed by atoms with E-state index in [1.165, 1.54) is 49.7 Å². The highest BCUT2D eigenvalue weighted by Crippen LogP contribution is 2.24. The first kappa shape index (κ1) is 15.1. The molecule has 1 unspecified atom stereocenters. The SMILES string of the molecule is CC(CNC1CC1)c1ccc(CN(C)C2CCCC2)cc1. The van der Waals surface area contributed by atoms with Gasteiger partial charge in [0.05, 0.1) is 0 Å². The molecule has 3 rings (SSSR count). The lowest BCUT2D eigenvalue weighted by molar-refractivity contribution is 0.237. The standard InChI is InChI=1S/C19H30N2/c1-15(13-20-18-11-12-18)17-9-7-16(8-10-17)14-21(2)19-5-3-4-6-19/h7-10,15,18-20H,3-6,11-14H2,1-2H3. The maximum absolute atomic E-state index is 3.63. The van der Waals surface area contributed by atoms with Gasteiger partial charge in [0.25, 0.3) is 0 Å². The third-order valence-electron chi connectivity index (χ3n) is 5.22. The van der Waals surface area contributed by atoms with Crippen molar-refractivity contribution >= 4 is 0 Å². The highest BCUT2D eigenvalue weighted by Gasteiger charge is 2.21. The van der Waals surface area contributed by atoms with E-state index in [2.05, 4.69) is 48.5 Å². The Bertz CT molecular complexity index is 429. The van der Waals surface area contributed by atoms with Crippen molar-refractivity contribution in [2.45, 2.75) is 70.0 Å². The van der Waals surface area contributed by atoms with Gasteiger partial charge in [0, 0.05) is 25.2 Å². The number of rotatable bonds is 7. The van der Waals surface area contributed by atoms with Crippen LogP contribution in [0.3, 0.4) is 0 Å². The summed E-state index contributed by atoms with van der Waals surface area (Å²) >= 11 is 0. The van der Waals surface area contributed by atoms with Gasteiger partial charge in [-0.05, 0) is 49.8 Å². The molecule has 2 heteroatoms. The van der Waals surface area contributed by atoms with Crippen LogP contribution in [0.5, 0.6) is 0 Å². The van der Waals surface area contributed by atoms with Gasteiger partial charge in [-0.3, -0.25) is 4.90 Å². The third kappa shape index (κ3) is 4.31. The zero-order valence-corrected chi connectivity index (χ0v) is 13.6. The first-order valence-corrected chi connectivity index (χ1v) is 8.75. The van der Waals surface area contributed by atoms with E-state index in [0.29, 0.717) is 5.92 Å². The molecule has 1 N–H and O–H groups in total. The third-order valence-corrected chi connectivity index (χ3v) is 5.22. The number of hydrogen-bond donors (Lipinski definition) is 1. The van der Waals surface area contributed by atoms with Crippen LogP contribution in [0, 0.1) is 0 Å². The Labute approximate surface area is 129 Å². The Kier molecular flexibility index (Phi) is 4.97. The number of benzene rings is 1. The summed E-state index contributed by atoms with van der Waals surface area (Å²) in [6.45, 7) is 4.54. The fourth-order valence-electron chi connectivity index (χ4n) is 3.46. The van der Waals surface area contributed by atoms with Crippen LogP contribution in [-0.2, 0) is 6.54 Å². The number of nitrogens with zero attached hydrogens (tertiary/aromatic N) is 1. The Morgan fingerprint density at radius 2 is 1.76 bits per heavy atom. The van der Waals surface area contributed by atoms with Crippen molar-refractivity contribution in [3.63, 3.8) is 0 Å². The molecule has 2 nitrogen and oxygen atoms in total. The van der Waals surface area contributed by atoms with Gasteiger partial charge < -0.3 is 5.32 Å². The van der Waals surface area contributed by atoms with Crippen LogP contribution in [-0.4, -0.2) is 30.6 Å². The Morgan fingerprint density at radius 3 is 2.38 bits per heavy atom. The van der Waals surface area contributed by atoms with Crippen molar-refractivity contribution in [2.75, 3.05) is 13.6 Å². The van der Waals surface area contributed by atoms with E-state index >= 15 is 0 Å². The minimum Gasteiger partial charge on any atom is -0.313 e. The number of hydrogen-bond acceptors (Lipinski definition) is 2. The van der Waals surface area contributed by atoms with Crippen LogP contribution >= 0.6 is 0 Å². The summed E-state index contributed by atoms with van der Waals surface area (Å²) < 4.78 is 0. The summed E-state index contributed by atoms with van der Waals surface area (Å²) in [6, 6.07) is 10.9. The summed E-state index contributed by atoms with van der Waals surface area (Å²) in [5.74, 6) is 0.618. The summed E-state index contributed by atoms with van der Waals surface area (Å²) in [4.78, 5) is 2.54. The molecule has 0 radical (unpaired) electrons. The Balaban J connectivity index is 1.50. The van der Waals surface area contributed by atoms with Crippen LogP contribution < -0.4 is 5.32 Å². The molecule has 2 aliphatic rings. The van der Waals surface area contributed by atoms with Crippen LogP contribution in [0.2, 0.25) is 0 Å². The molecule has 0 heterocycles. The van der Waals surface area contributed by atoms with Crippen molar-refractivity contribution in [3.8, 4) is 0 Å². The van der Waals surface area contributed by atoms with Crippen LogP contribution in [0.15, 0.2) is 24.3 Å². The van der Waals surface area contributed by atoms with Gasteiger partial charge in [0.1, 0.15) is 0 Å². The highest BCUT2D eigenvalue weighted by molar-refractivity contribution is 5.25. The van der Waals surface area contributed by atoms with Crippen LogP contribution in [0.25, 0.3) is 0 Å². The minimum absolute atomic E-state index is 0.618. The predicted molar refractivity (Wildman–Crippen MR) is 89.6 cm³/mol. The highest BCUT2D eigenvalue weighted by atomic mass is 15.1. The molecule has 0 aromatic heterocycles. The predicted octanol–water partition coefficient (Wildman–Crippen LogP) is 3.92. The molecule has 2 saturated carbocycles. The van der Waals surface area contributed by atoms with E-state index in [9.17, 15) is 0 Å². The van der Waals surface area contributed by atoms with Gasteiger partial charge in [0.2, 0.25) is 0 Å². The van der Waals surface area contributed by atoms with Gasteiger partial charge in [-0.15, -0.1) is 0 Å². The average Bonchev–Trinajstić information content (AvgIpc) is 3.16. The Hall–Kier alpha value is -0.860. The molecule has 0 spiro atoms. The topological polar surface area (TPSA) is 15.3 Å². The van der Waals surface area contributed by atoms with E-state index in [1.807, 2.05) is 0 Å².